The first kappa shape index (κ1) is 15.8. The zero-order valence-corrected chi connectivity index (χ0v) is 12.9. The van der Waals surface area contributed by atoms with Crippen molar-refractivity contribution in [3.63, 3.8) is 0 Å². The molecule has 2 amide bonds. The van der Waals surface area contributed by atoms with Crippen molar-refractivity contribution in [3.05, 3.63) is 27.7 Å². The van der Waals surface area contributed by atoms with Gasteiger partial charge in [0.2, 0.25) is 5.91 Å². The SMILES string of the molecule is COC(=O)NCCC(=O)N(C)c1ccc(Br)cc1Cl. The van der Waals surface area contributed by atoms with Gasteiger partial charge in [-0.25, -0.2) is 4.79 Å². The van der Waals surface area contributed by atoms with Gasteiger partial charge in [0.05, 0.1) is 17.8 Å². The maximum absolute atomic E-state index is 11.9. The van der Waals surface area contributed by atoms with Crippen molar-refractivity contribution in [2.45, 2.75) is 6.42 Å². The number of alkyl carbamates (subject to hydrolysis) is 1. The fourth-order valence-corrected chi connectivity index (χ4v) is 2.20. The van der Waals surface area contributed by atoms with Gasteiger partial charge in [-0.1, -0.05) is 27.5 Å². The number of halogens is 2. The van der Waals surface area contributed by atoms with Crippen LogP contribution in [0.25, 0.3) is 0 Å². The maximum Gasteiger partial charge on any atom is 0.406 e. The molecule has 0 aliphatic carbocycles. The van der Waals surface area contributed by atoms with Gasteiger partial charge in [-0.3, -0.25) is 4.79 Å². The zero-order chi connectivity index (χ0) is 14.4. The zero-order valence-electron chi connectivity index (χ0n) is 10.6. The molecule has 19 heavy (non-hydrogen) atoms. The Bertz CT molecular complexity index is 482. The molecule has 0 atom stereocenters. The molecule has 1 aromatic carbocycles. The second kappa shape index (κ2) is 7.35. The van der Waals surface area contributed by atoms with E-state index in [1.807, 2.05) is 0 Å². The van der Waals surface area contributed by atoms with Crippen LogP contribution in [0.3, 0.4) is 0 Å². The van der Waals surface area contributed by atoms with Crippen LogP contribution in [0.2, 0.25) is 5.02 Å². The normalized spacial score (nSPS) is 9.89. The van der Waals surface area contributed by atoms with E-state index in [2.05, 4.69) is 26.0 Å². The van der Waals surface area contributed by atoms with Crippen molar-refractivity contribution in [1.29, 1.82) is 0 Å². The summed E-state index contributed by atoms with van der Waals surface area (Å²) in [6.07, 6.45) is -0.394. The fourth-order valence-electron chi connectivity index (χ4n) is 1.40. The molecular formula is C12H14BrClN2O3. The Morgan fingerprint density at radius 2 is 2.16 bits per heavy atom. The molecule has 0 spiro atoms. The number of amides is 2. The molecule has 1 aromatic rings. The Morgan fingerprint density at radius 3 is 2.74 bits per heavy atom. The minimum atomic E-state index is -0.558. The lowest BCUT2D eigenvalue weighted by Gasteiger charge is -2.19. The van der Waals surface area contributed by atoms with Crippen LogP contribution in [0.4, 0.5) is 10.5 Å². The molecule has 0 aliphatic heterocycles. The van der Waals surface area contributed by atoms with Gasteiger partial charge in [0.25, 0.3) is 0 Å². The molecule has 104 valence electrons. The van der Waals surface area contributed by atoms with E-state index >= 15 is 0 Å². The summed E-state index contributed by atoms with van der Waals surface area (Å²) in [5.74, 6) is -0.152. The van der Waals surface area contributed by atoms with Gasteiger partial charge in [-0.05, 0) is 18.2 Å². The minimum absolute atomic E-state index is 0.152. The highest BCUT2D eigenvalue weighted by atomic mass is 79.9. The highest BCUT2D eigenvalue weighted by Crippen LogP contribution is 2.28. The van der Waals surface area contributed by atoms with E-state index in [4.69, 9.17) is 11.6 Å². The van der Waals surface area contributed by atoms with Gasteiger partial charge in [0.1, 0.15) is 0 Å². The van der Waals surface area contributed by atoms with Crippen LogP contribution in [0.1, 0.15) is 6.42 Å². The molecule has 0 aromatic heterocycles. The quantitative estimate of drug-likeness (QED) is 0.909. The first-order valence-electron chi connectivity index (χ1n) is 5.49. The Labute approximate surface area is 125 Å². The van der Waals surface area contributed by atoms with Crippen molar-refractivity contribution >= 4 is 45.2 Å². The van der Waals surface area contributed by atoms with Crippen LogP contribution in [-0.2, 0) is 9.53 Å². The Balaban J connectivity index is 2.59. The third-order valence-electron chi connectivity index (χ3n) is 2.44. The Kier molecular flexibility index (Phi) is 6.11. The molecule has 7 heteroatoms. The number of benzene rings is 1. The van der Waals surface area contributed by atoms with E-state index in [1.54, 1.807) is 25.2 Å². The summed E-state index contributed by atoms with van der Waals surface area (Å²) in [6.45, 7) is 0.212. The van der Waals surface area contributed by atoms with Crippen molar-refractivity contribution in [2.75, 3.05) is 25.6 Å². The average Bonchev–Trinajstić information content (AvgIpc) is 2.37. The monoisotopic (exact) mass is 348 g/mol. The molecule has 5 nitrogen and oxygen atoms in total. The van der Waals surface area contributed by atoms with Crippen molar-refractivity contribution in [2.24, 2.45) is 0 Å². The molecule has 0 bridgehead atoms. The Hall–Kier alpha value is -1.27. The van der Waals surface area contributed by atoms with Crippen LogP contribution >= 0.6 is 27.5 Å². The van der Waals surface area contributed by atoms with Crippen LogP contribution in [-0.4, -0.2) is 32.7 Å². The molecule has 1 N–H and O–H groups in total. The summed E-state index contributed by atoms with van der Waals surface area (Å²) in [6, 6.07) is 5.27. The average molecular weight is 350 g/mol. The van der Waals surface area contributed by atoms with Gasteiger partial charge in [-0.15, -0.1) is 0 Å². The van der Waals surface area contributed by atoms with E-state index in [0.29, 0.717) is 10.7 Å². The molecule has 1 rings (SSSR count). The van der Waals surface area contributed by atoms with Gasteiger partial charge in [-0.2, -0.15) is 0 Å². The number of anilines is 1. The highest BCUT2D eigenvalue weighted by molar-refractivity contribution is 9.10. The van der Waals surface area contributed by atoms with E-state index in [0.717, 1.165) is 4.47 Å². The maximum atomic E-state index is 11.9. The second-order valence-corrected chi connectivity index (χ2v) is 5.04. The van der Waals surface area contributed by atoms with Crippen molar-refractivity contribution in [3.8, 4) is 0 Å². The molecule has 0 radical (unpaired) electrons. The molecule has 0 saturated carbocycles. The van der Waals surface area contributed by atoms with Crippen molar-refractivity contribution in [1.82, 2.24) is 5.32 Å². The summed E-state index contributed by atoms with van der Waals surface area (Å²) in [5.41, 5.74) is 0.618. The van der Waals surface area contributed by atoms with E-state index < -0.39 is 6.09 Å². The lowest BCUT2D eigenvalue weighted by molar-refractivity contribution is -0.118. The van der Waals surface area contributed by atoms with Gasteiger partial charge in [0.15, 0.2) is 0 Å². The number of nitrogens with one attached hydrogen (secondary N) is 1. The van der Waals surface area contributed by atoms with Gasteiger partial charge in [0, 0.05) is 24.5 Å². The van der Waals surface area contributed by atoms with Crippen LogP contribution < -0.4 is 10.2 Å². The number of carbonyl (C=O) groups excluding carboxylic acids is 2. The highest BCUT2D eigenvalue weighted by Gasteiger charge is 2.14. The molecular weight excluding hydrogens is 336 g/mol. The van der Waals surface area contributed by atoms with E-state index in [-0.39, 0.29) is 18.9 Å². The number of hydrogen-bond donors (Lipinski definition) is 1. The predicted molar refractivity (Wildman–Crippen MR) is 77.6 cm³/mol. The number of ether oxygens (including phenoxy) is 1. The summed E-state index contributed by atoms with van der Waals surface area (Å²) in [4.78, 5) is 24.2. The molecule has 0 unspecified atom stereocenters. The van der Waals surface area contributed by atoms with Crippen LogP contribution in [0, 0.1) is 0 Å². The molecule has 0 saturated heterocycles. The fraction of sp³-hybridized carbons (Fsp3) is 0.333. The van der Waals surface area contributed by atoms with Crippen LogP contribution in [0.15, 0.2) is 22.7 Å². The lowest BCUT2D eigenvalue weighted by Crippen LogP contribution is -2.32. The lowest BCUT2D eigenvalue weighted by atomic mass is 10.2. The third kappa shape index (κ3) is 4.72. The largest absolute Gasteiger partial charge is 0.453 e. The number of methoxy groups -OCH3 is 1. The second-order valence-electron chi connectivity index (χ2n) is 3.72. The first-order valence-corrected chi connectivity index (χ1v) is 6.66. The number of rotatable bonds is 4. The van der Waals surface area contributed by atoms with Gasteiger partial charge < -0.3 is 15.0 Å². The first-order chi connectivity index (χ1) is 8.95. The number of nitrogens with zero attached hydrogens (tertiary/aromatic N) is 1. The summed E-state index contributed by atoms with van der Waals surface area (Å²) >= 11 is 9.36. The third-order valence-corrected chi connectivity index (χ3v) is 3.23. The van der Waals surface area contributed by atoms with Gasteiger partial charge >= 0.3 is 6.09 Å². The Morgan fingerprint density at radius 1 is 1.47 bits per heavy atom. The van der Waals surface area contributed by atoms with Crippen molar-refractivity contribution < 1.29 is 14.3 Å². The molecule has 0 fully saturated rings. The van der Waals surface area contributed by atoms with E-state index in [1.165, 1.54) is 12.0 Å². The minimum Gasteiger partial charge on any atom is -0.453 e. The topological polar surface area (TPSA) is 58.6 Å². The smallest absolute Gasteiger partial charge is 0.406 e. The summed E-state index contributed by atoms with van der Waals surface area (Å²) in [5, 5.41) is 2.92. The van der Waals surface area contributed by atoms with E-state index in [9.17, 15) is 9.59 Å². The summed E-state index contributed by atoms with van der Waals surface area (Å²) < 4.78 is 5.25. The number of carbonyl (C=O) groups is 2. The number of hydrogen-bond acceptors (Lipinski definition) is 3. The van der Waals surface area contributed by atoms with Crippen LogP contribution in [0.5, 0.6) is 0 Å². The summed E-state index contributed by atoms with van der Waals surface area (Å²) in [7, 11) is 2.90. The predicted octanol–water partition coefficient (Wildman–Crippen LogP) is 2.81. The molecule has 0 aliphatic rings. The molecule has 0 heterocycles. The standard InChI is InChI=1S/C12H14BrClN2O3/c1-16(10-4-3-8(13)7-9(10)14)11(17)5-6-15-12(18)19-2/h3-4,7H,5-6H2,1-2H3,(H,15,18).